The second-order valence-corrected chi connectivity index (χ2v) is 4.23. The molecule has 3 N–H and O–H groups in total. The molecule has 0 saturated carbocycles. The molecule has 2 aliphatic rings. The van der Waals surface area contributed by atoms with Crippen LogP contribution in [0, 0.1) is 0 Å². The summed E-state index contributed by atoms with van der Waals surface area (Å²) in [6.07, 6.45) is 2.38. The number of nitrogens with one attached hydrogen (secondary N) is 1. The lowest BCUT2D eigenvalue weighted by Crippen LogP contribution is -2.57. The SMILES string of the molecule is C=CC(=O)N1CCN(N)CC1CC1CN1. The molecule has 2 heterocycles. The molecule has 0 aromatic carbocycles. The average molecular weight is 210 g/mol. The van der Waals surface area contributed by atoms with Crippen molar-refractivity contribution in [3.05, 3.63) is 12.7 Å². The Morgan fingerprint density at radius 1 is 1.60 bits per heavy atom. The Kier molecular flexibility index (Phi) is 3.04. The van der Waals surface area contributed by atoms with Gasteiger partial charge in [0.05, 0.1) is 0 Å². The fourth-order valence-corrected chi connectivity index (χ4v) is 2.07. The van der Waals surface area contributed by atoms with Crippen LogP contribution in [0.4, 0.5) is 0 Å². The minimum atomic E-state index is 0.0220. The van der Waals surface area contributed by atoms with Crippen LogP contribution in [0.25, 0.3) is 0 Å². The van der Waals surface area contributed by atoms with Gasteiger partial charge in [-0.05, 0) is 12.5 Å². The first-order chi connectivity index (χ1) is 7.20. The summed E-state index contributed by atoms with van der Waals surface area (Å²) in [5.74, 6) is 5.80. The summed E-state index contributed by atoms with van der Waals surface area (Å²) >= 11 is 0. The number of carbonyl (C=O) groups is 1. The molecule has 5 heteroatoms. The van der Waals surface area contributed by atoms with E-state index in [9.17, 15) is 4.79 Å². The van der Waals surface area contributed by atoms with Gasteiger partial charge in [-0.25, -0.2) is 5.01 Å². The number of rotatable bonds is 3. The summed E-state index contributed by atoms with van der Waals surface area (Å²) in [5.41, 5.74) is 0. The molecule has 0 aliphatic carbocycles. The predicted molar refractivity (Wildman–Crippen MR) is 57.9 cm³/mol. The van der Waals surface area contributed by atoms with Crippen molar-refractivity contribution in [1.82, 2.24) is 15.2 Å². The van der Waals surface area contributed by atoms with E-state index < -0.39 is 0 Å². The molecule has 1 amide bonds. The van der Waals surface area contributed by atoms with Crippen LogP contribution in [0.3, 0.4) is 0 Å². The van der Waals surface area contributed by atoms with Gasteiger partial charge in [-0.2, -0.15) is 0 Å². The predicted octanol–water partition coefficient (Wildman–Crippen LogP) is -1.08. The van der Waals surface area contributed by atoms with Crippen molar-refractivity contribution in [2.45, 2.75) is 18.5 Å². The van der Waals surface area contributed by atoms with E-state index in [2.05, 4.69) is 11.9 Å². The number of carbonyl (C=O) groups excluding carboxylic acids is 1. The third kappa shape index (κ3) is 2.56. The summed E-state index contributed by atoms with van der Waals surface area (Å²) in [6.45, 7) is 6.81. The topological polar surface area (TPSA) is 71.5 Å². The van der Waals surface area contributed by atoms with Crippen molar-refractivity contribution in [1.29, 1.82) is 0 Å². The van der Waals surface area contributed by atoms with Gasteiger partial charge in [0.1, 0.15) is 0 Å². The van der Waals surface area contributed by atoms with E-state index in [4.69, 9.17) is 5.84 Å². The largest absolute Gasteiger partial charge is 0.333 e. The quantitative estimate of drug-likeness (QED) is 0.353. The molecule has 5 nitrogen and oxygen atoms in total. The van der Waals surface area contributed by atoms with E-state index in [0.717, 1.165) is 26.1 Å². The normalized spacial score (nSPS) is 31.4. The van der Waals surface area contributed by atoms with Gasteiger partial charge in [-0.3, -0.25) is 10.6 Å². The highest BCUT2D eigenvalue weighted by atomic mass is 16.2. The summed E-state index contributed by atoms with van der Waals surface area (Å²) in [4.78, 5) is 13.5. The molecule has 2 rings (SSSR count). The molecule has 2 unspecified atom stereocenters. The average Bonchev–Trinajstić information content (AvgIpc) is 3.01. The highest BCUT2D eigenvalue weighted by molar-refractivity contribution is 5.87. The van der Waals surface area contributed by atoms with Crippen molar-refractivity contribution in [3.63, 3.8) is 0 Å². The molecule has 15 heavy (non-hydrogen) atoms. The number of piperazine rings is 1. The minimum absolute atomic E-state index is 0.0220. The molecular weight excluding hydrogens is 192 g/mol. The fraction of sp³-hybridized carbons (Fsp3) is 0.700. The van der Waals surface area contributed by atoms with Crippen LogP contribution in [-0.4, -0.2) is 54.1 Å². The molecule has 0 bridgehead atoms. The zero-order chi connectivity index (χ0) is 10.8. The third-order valence-corrected chi connectivity index (χ3v) is 3.02. The molecule has 0 aromatic heterocycles. The van der Waals surface area contributed by atoms with Crippen LogP contribution in [0.1, 0.15) is 6.42 Å². The van der Waals surface area contributed by atoms with Gasteiger partial charge < -0.3 is 10.2 Å². The van der Waals surface area contributed by atoms with E-state index in [1.54, 1.807) is 5.01 Å². The number of hydrazine groups is 1. The first-order valence-electron chi connectivity index (χ1n) is 5.36. The summed E-state index contributed by atoms with van der Waals surface area (Å²) < 4.78 is 0. The molecule has 0 radical (unpaired) electrons. The highest BCUT2D eigenvalue weighted by Gasteiger charge is 2.33. The number of nitrogens with zero attached hydrogens (tertiary/aromatic N) is 2. The Morgan fingerprint density at radius 3 is 2.93 bits per heavy atom. The molecule has 0 aromatic rings. The second-order valence-electron chi connectivity index (χ2n) is 4.23. The second kappa shape index (κ2) is 4.30. The van der Waals surface area contributed by atoms with E-state index in [1.807, 2.05) is 4.90 Å². The molecular formula is C10H18N4O. The zero-order valence-corrected chi connectivity index (χ0v) is 8.85. The molecule has 84 valence electrons. The molecule has 2 saturated heterocycles. The first kappa shape index (κ1) is 10.6. The third-order valence-electron chi connectivity index (χ3n) is 3.02. The Morgan fingerprint density at radius 2 is 2.33 bits per heavy atom. The standard InChI is InChI=1S/C10H18N4O/c1-2-10(15)14-4-3-13(11)7-9(14)5-8-6-12-8/h2,8-9,12H,1,3-7,11H2. The van der Waals surface area contributed by atoms with Gasteiger partial charge in [0.25, 0.3) is 0 Å². The number of nitrogens with two attached hydrogens (primary N) is 1. The number of hydrogen-bond donors (Lipinski definition) is 2. The maximum Gasteiger partial charge on any atom is 0.246 e. The van der Waals surface area contributed by atoms with Gasteiger partial charge in [0.2, 0.25) is 5.91 Å². The lowest BCUT2D eigenvalue weighted by atomic mass is 10.1. The Balaban J connectivity index is 1.98. The van der Waals surface area contributed by atoms with E-state index in [1.165, 1.54) is 6.08 Å². The van der Waals surface area contributed by atoms with Crippen LogP contribution >= 0.6 is 0 Å². The molecule has 2 atom stereocenters. The zero-order valence-electron chi connectivity index (χ0n) is 8.85. The van der Waals surface area contributed by atoms with Gasteiger partial charge in [-0.1, -0.05) is 6.58 Å². The minimum Gasteiger partial charge on any atom is -0.333 e. The summed E-state index contributed by atoms with van der Waals surface area (Å²) in [6, 6.07) is 0.802. The Hall–Kier alpha value is -0.910. The number of amides is 1. The van der Waals surface area contributed by atoms with Crippen molar-refractivity contribution >= 4 is 5.91 Å². The van der Waals surface area contributed by atoms with Gasteiger partial charge in [-0.15, -0.1) is 0 Å². The van der Waals surface area contributed by atoms with Crippen LogP contribution in [0.2, 0.25) is 0 Å². The van der Waals surface area contributed by atoms with E-state index in [-0.39, 0.29) is 11.9 Å². The maximum absolute atomic E-state index is 11.6. The van der Waals surface area contributed by atoms with Crippen molar-refractivity contribution < 1.29 is 4.79 Å². The highest BCUT2D eigenvalue weighted by Crippen LogP contribution is 2.16. The van der Waals surface area contributed by atoms with Crippen LogP contribution in [0.5, 0.6) is 0 Å². The van der Waals surface area contributed by atoms with Crippen LogP contribution in [0.15, 0.2) is 12.7 Å². The van der Waals surface area contributed by atoms with Crippen molar-refractivity contribution in [2.75, 3.05) is 26.2 Å². The number of hydrogen-bond acceptors (Lipinski definition) is 4. The molecule has 0 spiro atoms. The lowest BCUT2D eigenvalue weighted by molar-refractivity contribution is -0.131. The molecule has 2 aliphatic heterocycles. The lowest BCUT2D eigenvalue weighted by Gasteiger charge is -2.39. The summed E-state index contributed by atoms with van der Waals surface area (Å²) in [7, 11) is 0. The summed E-state index contributed by atoms with van der Waals surface area (Å²) in [5, 5.41) is 5.04. The smallest absolute Gasteiger partial charge is 0.246 e. The molecule has 2 fully saturated rings. The van der Waals surface area contributed by atoms with Gasteiger partial charge in [0.15, 0.2) is 0 Å². The first-order valence-corrected chi connectivity index (χ1v) is 5.36. The Bertz CT molecular complexity index is 262. The van der Waals surface area contributed by atoms with Crippen molar-refractivity contribution in [3.8, 4) is 0 Å². The van der Waals surface area contributed by atoms with Crippen molar-refractivity contribution in [2.24, 2.45) is 5.84 Å². The Labute approximate surface area is 89.9 Å². The van der Waals surface area contributed by atoms with Crippen LogP contribution < -0.4 is 11.2 Å². The van der Waals surface area contributed by atoms with E-state index >= 15 is 0 Å². The van der Waals surface area contributed by atoms with E-state index in [0.29, 0.717) is 12.6 Å². The van der Waals surface area contributed by atoms with Crippen LogP contribution in [-0.2, 0) is 4.79 Å². The van der Waals surface area contributed by atoms with Gasteiger partial charge >= 0.3 is 0 Å². The fourth-order valence-electron chi connectivity index (χ4n) is 2.07. The van der Waals surface area contributed by atoms with Gasteiger partial charge in [0, 0.05) is 38.3 Å². The maximum atomic E-state index is 11.6. The monoisotopic (exact) mass is 210 g/mol.